The van der Waals surface area contributed by atoms with Crippen molar-refractivity contribution in [2.24, 2.45) is 7.05 Å². The van der Waals surface area contributed by atoms with E-state index >= 15 is 0 Å². The summed E-state index contributed by atoms with van der Waals surface area (Å²) in [6, 6.07) is 3.73. The van der Waals surface area contributed by atoms with Crippen molar-refractivity contribution in [1.29, 1.82) is 0 Å². The molecular weight excluding hydrogens is 332 g/mol. The minimum absolute atomic E-state index is 0.0987. The topological polar surface area (TPSA) is 72.9 Å². The summed E-state index contributed by atoms with van der Waals surface area (Å²) < 4.78 is 2.67. The van der Waals surface area contributed by atoms with Crippen molar-refractivity contribution in [3.8, 4) is 0 Å². The minimum Gasteiger partial charge on any atom is -0.397 e. The first-order valence-corrected chi connectivity index (χ1v) is 7.43. The summed E-state index contributed by atoms with van der Waals surface area (Å²) in [6.07, 6.45) is 0.288. The van der Waals surface area contributed by atoms with Crippen molar-refractivity contribution in [3.05, 3.63) is 39.1 Å². The van der Waals surface area contributed by atoms with Gasteiger partial charge in [0, 0.05) is 22.8 Å². The Morgan fingerprint density at radius 1 is 1.38 bits per heavy atom. The van der Waals surface area contributed by atoms with E-state index in [1.165, 1.54) is 0 Å². The molecule has 21 heavy (non-hydrogen) atoms. The number of rotatable bonds is 3. The van der Waals surface area contributed by atoms with E-state index < -0.39 is 0 Å². The zero-order valence-electron chi connectivity index (χ0n) is 12.6. The summed E-state index contributed by atoms with van der Waals surface area (Å²) in [4.78, 5) is 12.3. The average molecular weight is 351 g/mol. The van der Waals surface area contributed by atoms with Gasteiger partial charge in [0.1, 0.15) is 0 Å². The Kier molecular flexibility index (Phi) is 4.37. The first kappa shape index (κ1) is 15.6. The van der Waals surface area contributed by atoms with Crippen LogP contribution in [-0.4, -0.2) is 15.7 Å². The lowest BCUT2D eigenvalue weighted by atomic mass is 10.1. The molecule has 0 spiro atoms. The van der Waals surface area contributed by atoms with Crippen molar-refractivity contribution < 1.29 is 4.79 Å². The summed E-state index contributed by atoms with van der Waals surface area (Å²) >= 11 is 3.41. The molecule has 1 heterocycles. The number of aryl methyl sites for hydroxylation is 3. The molecular formula is C15H19BrN4O. The van der Waals surface area contributed by atoms with Crippen LogP contribution in [0, 0.1) is 20.8 Å². The number of halogens is 1. The highest BCUT2D eigenvalue weighted by molar-refractivity contribution is 9.10. The molecule has 1 aromatic carbocycles. The molecule has 1 aromatic heterocycles. The minimum atomic E-state index is -0.0987. The highest BCUT2D eigenvalue weighted by atomic mass is 79.9. The van der Waals surface area contributed by atoms with Crippen molar-refractivity contribution in [2.75, 3.05) is 11.1 Å². The van der Waals surface area contributed by atoms with Gasteiger partial charge in [-0.2, -0.15) is 5.10 Å². The molecule has 0 saturated heterocycles. The predicted molar refractivity (Wildman–Crippen MR) is 88.3 cm³/mol. The van der Waals surface area contributed by atoms with Crippen LogP contribution in [0.25, 0.3) is 0 Å². The fourth-order valence-electron chi connectivity index (χ4n) is 2.29. The quantitative estimate of drug-likeness (QED) is 0.836. The largest absolute Gasteiger partial charge is 0.397 e. The molecule has 0 aliphatic carbocycles. The fraction of sp³-hybridized carbons (Fsp3) is 0.333. The normalized spacial score (nSPS) is 10.7. The molecule has 2 aromatic rings. The maximum Gasteiger partial charge on any atom is 0.228 e. The van der Waals surface area contributed by atoms with Gasteiger partial charge in [0.05, 0.1) is 23.5 Å². The second-order valence-electron chi connectivity index (χ2n) is 5.18. The molecule has 0 saturated carbocycles. The highest BCUT2D eigenvalue weighted by Crippen LogP contribution is 2.27. The lowest BCUT2D eigenvalue weighted by molar-refractivity contribution is -0.115. The molecule has 2 rings (SSSR count). The van der Waals surface area contributed by atoms with Gasteiger partial charge in [0.15, 0.2) is 0 Å². The smallest absolute Gasteiger partial charge is 0.228 e. The first-order chi connectivity index (χ1) is 9.79. The third kappa shape index (κ3) is 3.26. The van der Waals surface area contributed by atoms with Crippen LogP contribution in [0.1, 0.15) is 22.5 Å². The van der Waals surface area contributed by atoms with Gasteiger partial charge in [-0.3, -0.25) is 9.48 Å². The Bertz CT molecular complexity index is 706. The summed E-state index contributed by atoms with van der Waals surface area (Å²) in [7, 11) is 1.87. The van der Waals surface area contributed by atoms with E-state index in [9.17, 15) is 4.79 Å². The number of carbonyl (C=O) groups excluding carboxylic acids is 1. The third-order valence-corrected chi connectivity index (χ3v) is 4.08. The Morgan fingerprint density at radius 3 is 2.62 bits per heavy atom. The molecule has 0 fully saturated rings. The lowest BCUT2D eigenvalue weighted by Gasteiger charge is -2.11. The SMILES string of the molecule is Cc1cc(Br)cc(NC(=O)Cc2c(C)nn(C)c2C)c1N. The summed E-state index contributed by atoms with van der Waals surface area (Å²) in [5, 5.41) is 7.19. The molecule has 0 bridgehead atoms. The predicted octanol–water partition coefficient (Wildman–Crippen LogP) is 2.87. The van der Waals surface area contributed by atoms with Crippen LogP contribution in [0.3, 0.4) is 0 Å². The van der Waals surface area contributed by atoms with Crippen molar-refractivity contribution in [3.63, 3.8) is 0 Å². The second-order valence-corrected chi connectivity index (χ2v) is 6.10. The number of aromatic nitrogens is 2. The average Bonchev–Trinajstić information content (AvgIpc) is 2.62. The van der Waals surface area contributed by atoms with E-state index in [0.29, 0.717) is 11.4 Å². The number of nitrogens with zero attached hydrogens (tertiary/aromatic N) is 2. The van der Waals surface area contributed by atoms with Crippen LogP contribution in [-0.2, 0) is 18.3 Å². The number of benzene rings is 1. The second kappa shape index (κ2) is 5.89. The number of hydrogen-bond donors (Lipinski definition) is 2. The van der Waals surface area contributed by atoms with Crippen LogP contribution < -0.4 is 11.1 Å². The van der Waals surface area contributed by atoms with E-state index in [1.54, 1.807) is 4.68 Å². The monoisotopic (exact) mass is 350 g/mol. The number of nitrogen functional groups attached to an aromatic ring is 1. The molecule has 5 nitrogen and oxygen atoms in total. The van der Waals surface area contributed by atoms with E-state index in [0.717, 1.165) is 27.0 Å². The number of anilines is 2. The van der Waals surface area contributed by atoms with Crippen LogP contribution in [0.15, 0.2) is 16.6 Å². The Hall–Kier alpha value is -1.82. The zero-order chi connectivity index (χ0) is 15.7. The standard InChI is InChI=1S/C15H19BrN4O/c1-8-5-11(16)6-13(15(8)17)18-14(21)7-12-9(2)19-20(4)10(12)3/h5-6H,7,17H2,1-4H3,(H,18,21). The van der Waals surface area contributed by atoms with Gasteiger partial charge in [-0.1, -0.05) is 15.9 Å². The van der Waals surface area contributed by atoms with E-state index in [-0.39, 0.29) is 12.3 Å². The van der Waals surface area contributed by atoms with Gasteiger partial charge in [-0.15, -0.1) is 0 Å². The van der Waals surface area contributed by atoms with Gasteiger partial charge in [-0.25, -0.2) is 0 Å². The number of amides is 1. The molecule has 0 atom stereocenters. The van der Waals surface area contributed by atoms with Gasteiger partial charge in [0.25, 0.3) is 0 Å². The van der Waals surface area contributed by atoms with Crippen LogP contribution in [0.4, 0.5) is 11.4 Å². The van der Waals surface area contributed by atoms with Crippen molar-refractivity contribution in [2.45, 2.75) is 27.2 Å². The zero-order valence-corrected chi connectivity index (χ0v) is 14.2. The molecule has 112 valence electrons. The lowest BCUT2D eigenvalue weighted by Crippen LogP contribution is -2.16. The molecule has 0 radical (unpaired) electrons. The van der Waals surface area contributed by atoms with Gasteiger partial charge in [0.2, 0.25) is 5.91 Å². The maximum absolute atomic E-state index is 12.3. The summed E-state index contributed by atoms with van der Waals surface area (Å²) in [5.74, 6) is -0.0987. The van der Waals surface area contributed by atoms with E-state index in [2.05, 4.69) is 26.3 Å². The van der Waals surface area contributed by atoms with Crippen LogP contribution in [0.2, 0.25) is 0 Å². The van der Waals surface area contributed by atoms with Crippen LogP contribution >= 0.6 is 15.9 Å². The van der Waals surface area contributed by atoms with Crippen LogP contribution in [0.5, 0.6) is 0 Å². The Balaban J connectivity index is 2.19. The Labute approximate surface area is 132 Å². The molecule has 0 aliphatic rings. The van der Waals surface area contributed by atoms with Crippen molar-refractivity contribution >= 4 is 33.2 Å². The number of carbonyl (C=O) groups is 1. The summed E-state index contributed by atoms with van der Waals surface area (Å²) in [5.41, 5.74) is 11.0. The van der Waals surface area contributed by atoms with E-state index in [4.69, 9.17) is 5.73 Å². The maximum atomic E-state index is 12.3. The molecule has 0 unspecified atom stereocenters. The van der Waals surface area contributed by atoms with Gasteiger partial charge < -0.3 is 11.1 Å². The van der Waals surface area contributed by atoms with Gasteiger partial charge in [-0.05, 0) is 38.5 Å². The first-order valence-electron chi connectivity index (χ1n) is 6.64. The van der Waals surface area contributed by atoms with Crippen molar-refractivity contribution in [1.82, 2.24) is 9.78 Å². The molecule has 0 aliphatic heterocycles. The Morgan fingerprint density at radius 2 is 2.05 bits per heavy atom. The molecule has 6 heteroatoms. The van der Waals surface area contributed by atoms with Gasteiger partial charge >= 0.3 is 0 Å². The number of nitrogens with two attached hydrogens (primary N) is 1. The fourth-order valence-corrected chi connectivity index (χ4v) is 2.86. The summed E-state index contributed by atoms with van der Waals surface area (Å²) in [6.45, 7) is 5.78. The third-order valence-electron chi connectivity index (χ3n) is 3.62. The number of hydrogen-bond acceptors (Lipinski definition) is 3. The van der Waals surface area contributed by atoms with E-state index in [1.807, 2.05) is 40.0 Å². The highest BCUT2D eigenvalue weighted by Gasteiger charge is 2.15. The molecule has 3 N–H and O–H groups in total. The number of nitrogens with one attached hydrogen (secondary N) is 1. The molecule has 1 amide bonds.